The van der Waals surface area contributed by atoms with Crippen molar-refractivity contribution in [3.8, 4) is 6.07 Å². The molecule has 0 aromatic carbocycles. The van der Waals surface area contributed by atoms with Gasteiger partial charge >= 0.3 is 6.18 Å². The number of nitrogens with zero attached hydrogens (tertiary/aromatic N) is 2. The Morgan fingerprint density at radius 3 is 2.58 bits per heavy atom. The number of aromatic nitrogens is 1. The Balaban J connectivity index is 2.19. The summed E-state index contributed by atoms with van der Waals surface area (Å²) in [6, 6.07) is 3.61. The highest BCUT2D eigenvalue weighted by molar-refractivity contribution is 5.52. The number of alkyl halides is 3. The summed E-state index contributed by atoms with van der Waals surface area (Å²) in [6.45, 7) is 0.0932. The van der Waals surface area contributed by atoms with Gasteiger partial charge in [-0.1, -0.05) is 0 Å². The van der Waals surface area contributed by atoms with Gasteiger partial charge in [-0.25, -0.2) is 4.98 Å². The van der Waals surface area contributed by atoms with Crippen LogP contribution in [0.25, 0.3) is 0 Å². The fourth-order valence-electron chi connectivity index (χ4n) is 1.85. The van der Waals surface area contributed by atoms with Crippen LogP contribution in [0, 0.1) is 11.3 Å². The van der Waals surface area contributed by atoms with Gasteiger partial charge in [0.05, 0.1) is 11.2 Å². The molecular weight excluding hydrogens is 259 g/mol. The molecule has 0 bridgehead atoms. The van der Waals surface area contributed by atoms with Crippen molar-refractivity contribution in [2.75, 3.05) is 11.9 Å². The van der Waals surface area contributed by atoms with E-state index in [4.69, 9.17) is 5.26 Å². The van der Waals surface area contributed by atoms with E-state index in [1.54, 1.807) is 6.07 Å². The van der Waals surface area contributed by atoms with E-state index < -0.39 is 17.5 Å². The fraction of sp³-hybridized carbons (Fsp3) is 0.500. The number of aliphatic hydroxyl groups is 1. The zero-order valence-electron chi connectivity index (χ0n) is 9.96. The minimum atomic E-state index is -4.56. The Hall–Kier alpha value is -1.81. The van der Waals surface area contributed by atoms with Crippen molar-refractivity contribution in [3.63, 3.8) is 0 Å². The molecule has 4 nitrogen and oxygen atoms in total. The summed E-state index contributed by atoms with van der Waals surface area (Å²) < 4.78 is 37.6. The van der Waals surface area contributed by atoms with E-state index in [-0.39, 0.29) is 17.9 Å². The first-order chi connectivity index (χ1) is 8.84. The van der Waals surface area contributed by atoms with E-state index >= 15 is 0 Å². The molecule has 0 unspecified atom stereocenters. The highest BCUT2D eigenvalue weighted by Gasteiger charge is 2.35. The molecule has 1 aliphatic carbocycles. The van der Waals surface area contributed by atoms with Crippen LogP contribution < -0.4 is 5.32 Å². The Kier molecular flexibility index (Phi) is 3.37. The topological polar surface area (TPSA) is 68.9 Å². The quantitative estimate of drug-likeness (QED) is 0.885. The molecule has 1 heterocycles. The summed E-state index contributed by atoms with van der Waals surface area (Å²) in [5, 5.41) is 21.3. The van der Waals surface area contributed by atoms with Crippen LogP contribution in [0.3, 0.4) is 0 Å². The van der Waals surface area contributed by atoms with Crippen molar-refractivity contribution in [1.29, 1.82) is 5.26 Å². The van der Waals surface area contributed by atoms with Gasteiger partial charge in [0, 0.05) is 6.54 Å². The van der Waals surface area contributed by atoms with E-state index in [1.165, 1.54) is 0 Å². The Bertz CT molecular complexity index is 518. The maximum atomic E-state index is 12.5. The average molecular weight is 271 g/mol. The standard InChI is InChI=1S/C12H12F3N3O/c13-12(14,15)9-3-2-8(6-16)10(18-9)17-7-11(19)4-1-5-11/h2-3,19H,1,4-5,7H2,(H,17,18). The van der Waals surface area contributed by atoms with Crippen molar-refractivity contribution >= 4 is 5.82 Å². The van der Waals surface area contributed by atoms with Crippen molar-refractivity contribution < 1.29 is 18.3 Å². The summed E-state index contributed by atoms with van der Waals surface area (Å²) in [5.41, 5.74) is -1.94. The third kappa shape index (κ3) is 2.96. The molecule has 7 heteroatoms. The second-order valence-electron chi connectivity index (χ2n) is 4.63. The average Bonchev–Trinajstić information content (AvgIpc) is 2.32. The molecule has 0 amide bonds. The molecule has 0 atom stereocenters. The molecule has 19 heavy (non-hydrogen) atoms. The van der Waals surface area contributed by atoms with Crippen molar-refractivity contribution in [2.45, 2.75) is 31.0 Å². The third-order valence-corrected chi connectivity index (χ3v) is 3.18. The molecule has 0 spiro atoms. The molecular formula is C12H12F3N3O. The number of nitrogens with one attached hydrogen (secondary N) is 1. The molecule has 0 saturated heterocycles. The molecule has 2 N–H and O–H groups in total. The van der Waals surface area contributed by atoms with Gasteiger partial charge in [0.15, 0.2) is 0 Å². The molecule has 1 aromatic rings. The Labute approximate surface area is 107 Å². The molecule has 1 aliphatic rings. The number of halogens is 3. The molecule has 1 fully saturated rings. The van der Waals surface area contributed by atoms with Gasteiger partial charge < -0.3 is 10.4 Å². The number of hydrogen-bond acceptors (Lipinski definition) is 4. The Morgan fingerprint density at radius 1 is 1.42 bits per heavy atom. The second-order valence-corrected chi connectivity index (χ2v) is 4.63. The molecule has 0 aliphatic heterocycles. The van der Waals surface area contributed by atoms with Gasteiger partial charge in [-0.3, -0.25) is 0 Å². The molecule has 102 valence electrons. The number of nitriles is 1. The smallest absolute Gasteiger partial charge is 0.388 e. The summed E-state index contributed by atoms with van der Waals surface area (Å²) in [5.74, 6) is -0.141. The minimum Gasteiger partial charge on any atom is -0.388 e. The monoisotopic (exact) mass is 271 g/mol. The van der Waals surface area contributed by atoms with Gasteiger partial charge in [0.2, 0.25) is 0 Å². The zero-order chi connectivity index (χ0) is 14.1. The van der Waals surface area contributed by atoms with Crippen LogP contribution in [0.15, 0.2) is 12.1 Å². The minimum absolute atomic E-state index is 0.0240. The van der Waals surface area contributed by atoms with Crippen LogP contribution in [0.2, 0.25) is 0 Å². The Morgan fingerprint density at radius 2 is 2.11 bits per heavy atom. The number of pyridine rings is 1. The van der Waals surface area contributed by atoms with Crippen LogP contribution in [0.1, 0.15) is 30.5 Å². The van der Waals surface area contributed by atoms with E-state index in [1.807, 2.05) is 0 Å². The maximum Gasteiger partial charge on any atom is 0.433 e. The van der Waals surface area contributed by atoms with Crippen LogP contribution in [-0.4, -0.2) is 22.2 Å². The first-order valence-electron chi connectivity index (χ1n) is 5.79. The lowest BCUT2D eigenvalue weighted by Crippen LogP contribution is -2.43. The summed E-state index contributed by atoms with van der Waals surface area (Å²) in [6.07, 6.45) is -2.47. The second kappa shape index (κ2) is 4.70. The van der Waals surface area contributed by atoms with Gasteiger partial charge in [-0.15, -0.1) is 0 Å². The van der Waals surface area contributed by atoms with E-state index in [9.17, 15) is 18.3 Å². The normalized spacial score (nSPS) is 17.4. The van der Waals surface area contributed by atoms with Crippen LogP contribution in [-0.2, 0) is 6.18 Å². The van der Waals surface area contributed by atoms with Crippen molar-refractivity contribution in [3.05, 3.63) is 23.4 Å². The highest BCUT2D eigenvalue weighted by Crippen LogP contribution is 2.33. The van der Waals surface area contributed by atoms with Crippen LogP contribution >= 0.6 is 0 Å². The van der Waals surface area contributed by atoms with Gasteiger partial charge in [-0.2, -0.15) is 18.4 Å². The first-order valence-corrected chi connectivity index (χ1v) is 5.79. The molecule has 1 aromatic heterocycles. The molecule has 0 radical (unpaired) electrons. The van der Waals surface area contributed by atoms with Gasteiger partial charge in [-0.05, 0) is 31.4 Å². The molecule has 2 rings (SSSR count). The third-order valence-electron chi connectivity index (χ3n) is 3.18. The van der Waals surface area contributed by atoms with Gasteiger partial charge in [0.1, 0.15) is 17.6 Å². The molecule has 1 saturated carbocycles. The number of hydrogen-bond donors (Lipinski definition) is 2. The largest absolute Gasteiger partial charge is 0.433 e. The number of rotatable bonds is 3. The number of anilines is 1. The fourth-order valence-corrected chi connectivity index (χ4v) is 1.85. The lowest BCUT2D eigenvalue weighted by atomic mass is 9.80. The summed E-state index contributed by atoms with van der Waals surface area (Å²) in [4.78, 5) is 3.41. The zero-order valence-corrected chi connectivity index (χ0v) is 9.96. The van der Waals surface area contributed by atoms with E-state index in [0.717, 1.165) is 18.6 Å². The summed E-state index contributed by atoms with van der Waals surface area (Å²) in [7, 11) is 0. The SMILES string of the molecule is N#Cc1ccc(C(F)(F)F)nc1NCC1(O)CCC1. The van der Waals surface area contributed by atoms with E-state index in [2.05, 4.69) is 10.3 Å². The van der Waals surface area contributed by atoms with E-state index in [0.29, 0.717) is 12.8 Å². The summed E-state index contributed by atoms with van der Waals surface area (Å²) >= 11 is 0. The maximum absolute atomic E-state index is 12.5. The highest BCUT2D eigenvalue weighted by atomic mass is 19.4. The lowest BCUT2D eigenvalue weighted by molar-refractivity contribution is -0.141. The lowest BCUT2D eigenvalue weighted by Gasteiger charge is -2.36. The predicted molar refractivity (Wildman–Crippen MR) is 61.2 cm³/mol. The van der Waals surface area contributed by atoms with Crippen molar-refractivity contribution in [2.24, 2.45) is 0 Å². The first kappa shape index (κ1) is 13.6. The van der Waals surface area contributed by atoms with Crippen LogP contribution in [0.4, 0.5) is 19.0 Å². The van der Waals surface area contributed by atoms with Crippen molar-refractivity contribution in [1.82, 2.24) is 4.98 Å². The predicted octanol–water partition coefficient (Wildman–Crippen LogP) is 2.30. The van der Waals surface area contributed by atoms with Crippen LogP contribution in [0.5, 0.6) is 0 Å². The van der Waals surface area contributed by atoms with Gasteiger partial charge in [0.25, 0.3) is 0 Å².